The van der Waals surface area contributed by atoms with E-state index < -0.39 is 0 Å². The molecule has 0 atom stereocenters. The lowest BCUT2D eigenvalue weighted by atomic mass is 10.0. The van der Waals surface area contributed by atoms with Gasteiger partial charge in [0, 0.05) is 22.6 Å². The minimum Gasteiger partial charge on any atom is -0.336 e. The van der Waals surface area contributed by atoms with E-state index >= 15 is 0 Å². The van der Waals surface area contributed by atoms with Crippen molar-refractivity contribution in [2.45, 2.75) is 43.5 Å². The van der Waals surface area contributed by atoms with Crippen LogP contribution in [0.25, 0.3) is 10.9 Å². The number of nitrogens with two attached hydrogens (primary N) is 1. The van der Waals surface area contributed by atoms with E-state index in [-0.39, 0.29) is 0 Å². The lowest BCUT2D eigenvalue weighted by Crippen LogP contribution is -2.13. The number of fused-ring (bicyclic) bond motifs is 1. The second-order valence-electron chi connectivity index (χ2n) is 6.29. The summed E-state index contributed by atoms with van der Waals surface area (Å²) in [6, 6.07) is 6.30. The van der Waals surface area contributed by atoms with E-state index in [2.05, 4.69) is 47.2 Å². The number of benzene rings is 1. The highest BCUT2D eigenvalue weighted by atomic mass is 35.5. The van der Waals surface area contributed by atoms with E-state index in [9.17, 15) is 0 Å². The van der Waals surface area contributed by atoms with E-state index in [1.807, 2.05) is 0 Å². The minimum atomic E-state index is 0.481. The zero-order valence-electron chi connectivity index (χ0n) is 13.6. The van der Waals surface area contributed by atoms with Crippen molar-refractivity contribution in [1.82, 2.24) is 19.9 Å². The van der Waals surface area contributed by atoms with Gasteiger partial charge in [0.25, 0.3) is 0 Å². The van der Waals surface area contributed by atoms with Gasteiger partial charge >= 0.3 is 0 Å². The third-order valence-corrected chi connectivity index (χ3v) is 5.85. The lowest BCUT2D eigenvalue weighted by molar-refractivity contribution is 0.790. The number of nitrogen functional groups attached to an aromatic ring is 1. The highest BCUT2D eigenvalue weighted by Gasteiger charge is 2.29. The van der Waals surface area contributed by atoms with Crippen LogP contribution >= 0.6 is 23.4 Å². The van der Waals surface area contributed by atoms with Crippen molar-refractivity contribution in [3.8, 4) is 0 Å². The van der Waals surface area contributed by atoms with Crippen molar-refractivity contribution in [2.75, 3.05) is 5.84 Å². The second-order valence-corrected chi connectivity index (χ2v) is 7.59. The van der Waals surface area contributed by atoms with Gasteiger partial charge in [0.15, 0.2) is 5.82 Å². The number of aromatic nitrogens is 4. The summed E-state index contributed by atoms with van der Waals surface area (Å²) < 4.78 is 1.61. The smallest absolute Gasteiger partial charge is 0.210 e. The minimum absolute atomic E-state index is 0.481. The monoisotopic (exact) mass is 359 g/mol. The third kappa shape index (κ3) is 2.74. The zero-order chi connectivity index (χ0) is 16.8. The van der Waals surface area contributed by atoms with Gasteiger partial charge in [-0.15, -0.1) is 10.2 Å². The molecule has 0 bridgehead atoms. The fourth-order valence-electron chi connectivity index (χ4n) is 2.75. The molecule has 1 fully saturated rings. The van der Waals surface area contributed by atoms with Crippen LogP contribution in [0.5, 0.6) is 0 Å². The first-order valence-corrected chi connectivity index (χ1v) is 9.29. The van der Waals surface area contributed by atoms with E-state index in [0.29, 0.717) is 22.0 Å². The molecule has 5 nitrogen and oxygen atoms in total. The Bertz CT molecular complexity index is 932. The number of thioether (sulfide) groups is 1. The van der Waals surface area contributed by atoms with Crippen LogP contribution in [-0.4, -0.2) is 19.9 Å². The van der Waals surface area contributed by atoms with E-state index in [1.54, 1.807) is 4.68 Å². The quantitative estimate of drug-likeness (QED) is 0.433. The molecule has 0 unspecified atom stereocenters. The normalized spacial score (nSPS) is 14.5. The maximum absolute atomic E-state index is 6.40. The van der Waals surface area contributed by atoms with Crippen molar-refractivity contribution < 1.29 is 0 Å². The molecule has 7 heteroatoms. The molecule has 1 aromatic carbocycles. The molecule has 2 heterocycles. The van der Waals surface area contributed by atoms with E-state index in [4.69, 9.17) is 17.4 Å². The van der Waals surface area contributed by atoms with Crippen LogP contribution in [0.1, 0.15) is 41.3 Å². The number of rotatable bonds is 4. The van der Waals surface area contributed by atoms with Crippen LogP contribution in [0.4, 0.5) is 0 Å². The van der Waals surface area contributed by atoms with Crippen molar-refractivity contribution in [3.05, 3.63) is 45.9 Å². The molecule has 2 N–H and O–H groups in total. The van der Waals surface area contributed by atoms with Crippen molar-refractivity contribution in [1.29, 1.82) is 0 Å². The number of hydrogen-bond donors (Lipinski definition) is 1. The average molecular weight is 360 g/mol. The van der Waals surface area contributed by atoms with Gasteiger partial charge in [-0.05, 0) is 43.9 Å². The van der Waals surface area contributed by atoms with Gasteiger partial charge < -0.3 is 5.84 Å². The van der Waals surface area contributed by atoms with Crippen molar-refractivity contribution in [2.24, 2.45) is 0 Å². The molecule has 0 saturated heterocycles. The largest absolute Gasteiger partial charge is 0.336 e. The number of halogens is 1. The summed E-state index contributed by atoms with van der Waals surface area (Å²) >= 11 is 7.94. The highest BCUT2D eigenvalue weighted by Crippen LogP contribution is 2.39. The molecule has 0 amide bonds. The Labute approximate surface area is 149 Å². The number of pyridine rings is 1. The molecule has 24 heavy (non-hydrogen) atoms. The lowest BCUT2D eigenvalue weighted by Gasteiger charge is -2.09. The van der Waals surface area contributed by atoms with Crippen molar-refractivity contribution >= 4 is 34.3 Å². The zero-order valence-corrected chi connectivity index (χ0v) is 15.2. The number of aryl methyl sites for hydroxylation is 2. The topological polar surface area (TPSA) is 69.6 Å². The standard InChI is InChI=1S/C17H18ClN5S/c1-9-3-4-12-7-13(15(18)20-14(12)10(9)2)8-24-17-22-21-16(23(17)19)11-5-6-11/h3-4,7,11H,5-6,8,19H2,1-2H3. The first-order valence-electron chi connectivity index (χ1n) is 7.93. The molecule has 0 radical (unpaired) electrons. The van der Waals surface area contributed by atoms with Crippen LogP contribution in [0.3, 0.4) is 0 Å². The van der Waals surface area contributed by atoms with Gasteiger partial charge in [-0.25, -0.2) is 9.66 Å². The molecular weight excluding hydrogens is 342 g/mol. The average Bonchev–Trinajstić information content (AvgIpc) is 3.34. The molecule has 0 spiro atoms. The predicted molar refractivity (Wildman–Crippen MR) is 97.9 cm³/mol. The first kappa shape index (κ1) is 15.7. The summed E-state index contributed by atoms with van der Waals surface area (Å²) in [5, 5.41) is 10.8. The SMILES string of the molecule is Cc1ccc2cc(CSc3nnc(C4CC4)n3N)c(Cl)nc2c1C. The number of nitrogens with zero attached hydrogens (tertiary/aromatic N) is 4. The van der Waals surface area contributed by atoms with Crippen LogP contribution in [0.15, 0.2) is 23.4 Å². The highest BCUT2D eigenvalue weighted by molar-refractivity contribution is 7.98. The molecule has 1 aliphatic rings. The molecule has 124 valence electrons. The van der Waals surface area contributed by atoms with Crippen LogP contribution in [0.2, 0.25) is 5.15 Å². The van der Waals surface area contributed by atoms with Crippen LogP contribution in [-0.2, 0) is 5.75 Å². The van der Waals surface area contributed by atoms with Gasteiger partial charge in [-0.2, -0.15) is 0 Å². The molecule has 0 aliphatic heterocycles. The Hall–Kier alpha value is -1.79. The fraction of sp³-hybridized carbons (Fsp3) is 0.353. The Balaban J connectivity index is 1.60. The fourth-order valence-corrected chi connectivity index (χ4v) is 3.88. The van der Waals surface area contributed by atoms with Crippen molar-refractivity contribution in [3.63, 3.8) is 0 Å². The molecule has 1 saturated carbocycles. The summed E-state index contributed by atoms with van der Waals surface area (Å²) in [6.45, 7) is 4.16. The summed E-state index contributed by atoms with van der Waals surface area (Å²) in [7, 11) is 0. The summed E-state index contributed by atoms with van der Waals surface area (Å²) in [5.41, 5.74) is 4.33. The molecular formula is C17H18ClN5S. The first-order chi connectivity index (χ1) is 11.5. The molecule has 2 aromatic heterocycles. The Morgan fingerprint density at radius 2 is 2.08 bits per heavy atom. The number of hydrogen-bond acceptors (Lipinski definition) is 5. The summed E-state index contributed by atoms with van der Waals surface area (Å²) in [5.74, 6) is 8.12. The molecule has 3 aromatic rings. The molecule has 1 aliphatic carbocycles. The van der Waals surface area contributed by atoms with E-state index in [0.717, 1.165) is 35.1 Å². The van der Waals surface area contributed by atoms with Gasteiger partial charge in [0.05, 0.1) is 5.52 Å². The second kappa shape index (κ2) is 5.93. The van der Waals surface area contributed by atoms with Crippen LogP contribution in [0, 0.1) is 13.8 Å². The van der Waals surface area contributed by atoms with Gasteiger partial charge in [0.1, 0.15) is 5.15 Å². The van der Waals surface area contributed by atoms with E-state index in [1.165, 1.54) is 22.9 Å². The van der Waals surface area contributed by atoms with Gasteiger partial charge in [-0.3, -0.25) is 0 Å². The Morgan fingerprint density at radius 3 is 2.83 bits per heavy atom. The van der Waals surface area contributed by atoms with Gasteiger partial charge in [-0.1, -0.05) is 35.5 Å². The Kier molecular flexibility index (Phi) is 3.89. The summed E-state index contributed by atoms with van der Waals surface area (Å²) in [4.78, 5) is 4.59. The maximum Gasteiger partial charge on any atom is 0.210 e. The van der Waals surface area contributed by atoms with Crippen LogP contribution < -0.4 is 5.84 Å². The summed E-state index contributed by atoms with van der Waals surface area (Å²) in [6.07, 6.45) is 2.30. The maximum atomic E-state index is 6.40. The molecule has 4 rings (SSSR count). The van der Waals surface area contributed by atoms with Gasteiger partial charge in [0.2, 0.25) is 5.16 Å². The predicted octanol–water partition coefficient (Wildman–Crippen LogP) is 3.98. The Morgan fingerprint density at radius 1 is 1.29 bits per heavy atom. The third-order valence-electron chi connectivity index (χ3n) is 4.53.